The van der Waals surface area contributed by atoms with E-state index >= 15 is 0 Å². The maximum atomic E-state index is 11.4. The minimum atomic E-state index is -0.603. The van der Waals surface area contributed by atoms with Gasteiger partial charge in [0.25, 0.3) is 0 Å². The van der Waals surface area contributed by atoms with Gasteiger partial charge >= 0.3 is 5.97 Å². The van der Waals surface area contributed by atoms with E-state index in [1.165, 1.54) is 0 Å². The minimum Gasteiger partial charge on any atom is -0.466 e. The summed E-state index contributed by atoms with van der Waals surface area (Å²) in [5, 5.41) is 15.7. The third-order valence-corrected chi connectivity index (χ3v) is 3.60. The lowest BCUT2D eigenvalue weighted by atomic mass is 10.0. The first-order chi connectivity index (χ1) is 10.6. The molecule has 2 aromatic rings. The van der Waals surface area contributed by atoms with Crippen LogP contribution in [0.4, 0.5) is 0 Å². The maximum absolute atomic E-state index is 11.4. The third kappa shape index (κ3) is 4.55. The second-order valence-electron chi connectivity index (χ2n) is 5.44. The van der Waals surface area contributed by atoms with E-state index < -0.39 is 6.10 Å². The van der Waals surface area contributed by atoms with Gasteiger partial charge in [0, 0.05) is 12.6 Å². The Bertz CT molecular complexity index is 627. The van der Waals surface area contributed by atoms with Crippen molar-refractivity contribution in [3.05, 3.63) is 48.0 Å². The van der Waals surface area contributed by atoms with Crippen LogP contribution in [0.5, 0.6) is 0 Å². The molecule has 0 fully saturated rings. The number of esters is 1. The number of ether oxygens (including phenoxy) is 1. The molecule has 4 nitrogen and oxygen atoms in total. The number of aliphatic hydroxyl groups excluding tert-OH is 1. The van der Waals surface area contributed by atoms with Gasteiger partial charge in [-0.2, -0.15) is 0 Å². The molecule has 0 radical (unpaired) electrons. The lowest BCUT2D eigenvalue weighted by Gasteiger charge is -2.17. The molecule has 0 aliphatic rings. The average Bonchev–Trinajstić information content (AvgIpc) is 2.52. The van der Waals surface area contributed by atoms with Crippen molar-refractivity contribution in [3.63, 3.8) is 0 Å². The second kappa shape index (κ2) is 7.92. The first kappa shape index (κ1) is 16.5. The summed E-state index contributed by atoms with van der Waals surface area (Å²) >= 11 is 0. The van der Waals surface area contributed by atoms with Gasteiger partial charge in [0.1, 0.15) is 0 Å². The molecule has 2 aromatic carbocycles. The molecule has 0 bridgehead atoms. The van der Waals surface area contributed by atoms with Gasteiger partial charge in [-0.25, -0.2) is 0 Å². The van der Waals surface area contributed by atoms with Crippen LogP contribution < -0.4 is 5.32 Å². The molecule has 0 spiro atoms. The first-order valence-corrected chi connectivity index (χ1v) is 7.66. The van der Waals surface area contributed by atoms with Gasteiger partial charge in [0.2, 0.25) is 0 Å². The molecule has 2 atom stereocenters. The highest BCUT2D eigenvalue weighted by Crippen LogP contribution is 2.20. The molecule has 0 aliphatic heterocycles. The lowest BCUT2D eigenvalue weighted by molar-refractivity contribution is -0.143. The summed E-state index contributed by atoms with van der Waals surface area (Å²) in [5.74, 6) is -0.220. The zero-order chi connectivity index (χ0) is 15.9. The summed E-state index contributed by atoms with van der Waals surface area (Å²) in [4.78, 5) is 11.4. The highest BCUT2D eigenvalue weighted by Gasteiger charge is 2.13. The van der Waals surface area contributed by atoms with Crippen molar-refractivity contribution >= 4 is 16.7 Å². The molecular weight excluding hydrogens is 278 g/mol. The SMILES string of the molecule is CCOC(=O)C[C@H](C)NC[C@@H](O)c1ccc2ccccc2c1. The highest BCUT2D eigenvalue weighted by atomic mass is 16.5. The van der Waals surface area contributed by atoms with Gasteiger partial charge < -0.3 is 15.2 Å². The van der Waals surface area contributed by atoms with Crippen LogP contribution in [0.1, 0.15) is 31.9 Å². The smallest absolute Gasteiger partial charge is 0.307 e. The second-order valence-corrected chi connectivity index (χ2v) is 5.44. The quantitative estimate of drug-likeness (QED) is 0.772. The van der Waals surface area contributed by atoms with E-state index in [4.69, 9.17) is 4.74 Å². The summed E-state index contributed by atoms with van der Waals surface area (Å²) in [6, 6.07) is 14.0. The van der Waals surface area contributed by atoms with E-state index in [1.54, 1.807) is 6.92 Å². The number of hydrogen-bond acceptors (Lipinski definition) is 4. The highest BCUT2D eigenvalue weighted by molar-refractivity contribution is 5.83. The predicted octanol–water partition coefficient (Wildman–Crippen LogP) is 2.80. The van der Waals surface area contributed by atoms with Crippen molar-refractivity contribution in [3.8, 4) is 0 Å². The minimum absolute atomic E-state index is 0.0332. The maximum Gasteiger partial charge on any atom is 0.307 e. The fourth-order valence-corrected chi connectivity index (χ4v) is 2.39. The molecule has 0 heterocycles. The Hall–Kier alpha value is -1.91. The monoisotopic (exact) mass is 301 g/mol. The molecule has 2 rings (SSSR count). The first-order valence-electron chi connectivity index (χ1n) is 7.66. The molecular formula is C18H23NO3. The molecule has 118 valence electrons. The molecule has 2 N–H and O–H groups in total. The number of rotatable bonds is 7. The van der Waals surface area contributed by atoms with Crippen molar-refractivity contribution in [2.75, 3.05) is 13.2 Å². The number of fused-ring (bicyclic) bond motifs is 1. The van der Waals surface area contributed by atoms with Gasteiger partial charge in [0.15, 0.2) is 0 Å². The molecule has 4 heteroatoms. The average molecular weight is 301 g/mol. The van der Waals surface area contributed by atoms with E-state index in [2.05, 4.69) is 5.32 Å². The Labute approximate surface area is 131 Å². The van der Waals surface area contributed by atoms with Gasteiger partial charge in [-0.15, -0.1) is 0 Å². The summed E-state index contributed by atoms with van der Waals surface area (Å²) in [5.41, 5.74) is 0.870. The summed E-state index contributed by atoms with van der Waals surface area (Å²) in [6.45, 7) is 4.49. The van der Waals surface area contributed by atoms with Gasteiger partial charge in [-0.05, 0) is 36.2 Å². The summed E-state index contributed by atoms with van der Waals surface area (Å²) < 4.78 is 4.91. The molecule has 0 amide bonds. The molecule has 22 heavy (non-hydrogen) atoms. The lowest BCUT2D eigenvalue weighted by Crippen LogP contribution is -2.32. The van der Waals surface area contributed by atoms with Crippen LogP contribution in [0, 0.1) is 0 Å². The Balaban J connectivity index is 1.90. The predicted molar refractivity (Wildman–Crippen MR) is 87.6 cm³/mol. The Morgan fingerprint density at radius 3 is 2.68 bits per heavy atom. The largest absolute Gasteiger partial charge is 0.466 e. The Kier molecular flexibility index (Phi) is 5.92. The van der Waals surface area contributed by atoms with Crippen LogP contribution >= 0.6 is 0 Å². The van der Waals surface area contributed by atoms with Crippen LogP contribution in [-0.2, 0) is 9.53 Å². The normalized spacial score (nSPS) is 13.8. The van der Waals surface area contributed by atoms with E-state index in [-0.39, 0.29) is 12.0 Å². The van der Waals surface area contributed by atoms with Crippen LogP contribution in [0.15, 0.2) is 42.5 Å². The molecule has 0 unspecified atom stereocenters. The number of nitrogens with one attached hydrogen (secondary N) is 1. The van der Waals surface area contributed by atoms with Crippen LogP contribution in [0.2, 0.25) is 0 Å². The van der Waals surface area contributed by atoms with Crippen LogP contribution in [-0.4, -0.2) is 30.3 Å². The van der Waals surface area contributed by atoms with Crippen molar-refractivity contribution < 1.29 is 14.6 Å². The number of carbonyl (C=O) groups excluding carboxylic acids is 1. The van der Waals surface area contributed by atoms with E-state index in [0.717, 1.165) is 16.3 Å². The topological polar surface area (TPSA) is 58.6 Å². The van der Waals surface area contributed by atoms with Gasteiger partial charge in [-0.1, -0.05) is 36.4 Å². The third-order valence-electron chi connectivity index (χ3n) is 3.60. The number of hydrogen-bond donors (Lipinski definition) is 2. The van der Waals surface area contributed by atoms with Crippen molar-refractivity contribution in [2.24, 2.45) is 0 Å². The summed E-state index contributed by atoms with van der Waals surface area (Å²) in [7, 11) is 0. The van der Waals surface area contributed by atoms with Crippen molar-refractivity contribution in [1.29, 1.82) is 0 Å². The molecule has 0 aromatic heterocycles. The zero-order valence-corrected chi connectivity index (χ0v) is 13.1. The van der Waals surface area contributed by atoms with E-state index in [1.807, 2.05) is 49.4 Å². The van der Waals surface area contributed by atoms with E-state index in [0.29, 0.717) is 19.6 Å². The number of aliphatic hydroxyl groups is 1. The molecule has 0 aliphatic carbocycles. The number of carbonyl (C=O) groups is 1. The van der Waals surface area contributed by atoms with Crippen LogP contribution in [0.3, 0.4) is 0 Å². The molecule has 0 saturated heterocycles. The Morgan fingerprint density at radius 2 is 1.95 bits per heavy atom. The van der Waals surface area contributed by atoms with Crippen molar-refractivity contribution in [2.45, 2.75) is 32.4 Å². The van der Waals surface area contributed by atoms with Crippen LogP contribution in [0.25, 0.3) is 10.8 Å². The summed E-state index contributed by atoms with van der Waals surface area (Å²) in [6.07, 6.45) is -0.299. The Morgan fingerprint density at radius 1 is 1.23 bits per heavy atom. The fraction of sp³-hybridized carbons (Fsp3) is 0.389. The zero-order valence-electron chi connectivity index (χ0n) is 13.1. The molecule has 0 saturated carbocycles. The van der Waals surface area contributed by atoms with Gasteiger partial charge in [0.05, 0.1) is 19.1 Å². The van der Waals surface area contributed by atoms with Crippen molar-refractivity contribution in [1.82, 2.24) is 5.32 Å². The fourth-order valence-electron chi connectivity index (χ4n) is 2.39. The van der Waals surface area contributed by atoms with Gasteiger partial charge in [-0.3, -0.25) is 4.79 Å². The van der Waals surface area contributed by atoms with E-state index in [9.17, 15) is 9.90 Å². The number of benzene rings is 2. The standard InChI is InChI=1S/C18H23NO3/c1-3-22-18(21)10-13(2)19-12-17(20)16-9-8-14-6-4-5-7-15(14)11-16/h4-9,11,13,17,19-20H,3,10,12H2,1-2H3/t13-,17+/m0/s1.